The van der Waals surface area contributed by atoms with Crippen molar-refractivity contribution in [3.63, 3.8) is 0 Å². The van der Waals surface area contributed by atoms with Crippen LogP contribution in [0.2, 0.25) is 0 Å². The van der Waals surface area contributed by atoms with Gasteiger partial charge >= 0.3 is 5.97 Å². The van der Waals surface area contributed by atoms with Gasteiger partial charge in [0, 0.05) is 32.0 Å². The van der Waals surface area contributed by atoms with Crippen molar-refractivity contribution in [2.45, 2.75) is 39.7 Å². The first-order chi connectivity index (χ1) is 15.6. The van der Waals surface area contributed by atoms with Gasteiger partial charge in [0.15, 0.2) is 0 Å². The largest absolute Gasteiger partial charge is 0.468 e. The topological polar surface area (TPSA) is 78.5 Å². The molecule has 2 aromatic heterocycles. The van der Waals surface area contributed by atoms with Crippen LogP contribution in [0.1, 0.15) is 37.9 Å². The zero-order chi connectivity index (χ0) is 23.9. The second-order valence-corrected chi connectivity index (χ2v) is 9.80. The predicted molar refractivity (Wildman–Crippen MR) is 134 cm³/mol. The molecule has 33 heavy (non-hydrogen) atoms. The molecule has 0 fully saturated rings. The highest BCUT2D eigenvalue weighted by Crippen LogP contribution is 2.26. The number of benzene rings is 2. The minimum atomic E-state index is -0.411. The lowest BCUT2D eigenvalue weighted by molar-refractivity contribution is -0.141. The van der Waals surface area contributed by atoms with E-state index >= 15 is 0 Å². The molecule has 4 rings (SSSR count). The summed E-state index contributed by atoms with van der Waals surface area (Å²) in [4.78, 5) is 30.2. The molecule has 170 valence electrons. The first-order valence-corrected chi connectivity index (χ1v) is 11.3. The molecule has 0 aliphatic rings. The Hall–Kier alpha value is -3.26. The van der Waals surface area contributed by atoms with Gasteiger partial charge in [-0.15, -0.1) is 0 Å². The second kappa shape index (κ2) is 8.59. The Bertz CT molecular complexity index is 1480. The normalized spacial score (nSPS) is 12.2. The third kappa shape index (κ3) is 4.23. The fourth-order valence-electron chi connectivity index (χ4n) is 3.87. The summed E-state index contributed by atoms with van der Waals surface area (Å²) in [6.45, 7) is 8.01. The number of para-hydroxylation sites is 1. The number of carbonyl (C=O) groups excluding carboxylic acids is 1. The number of carbonyl (C=O) groups is 1. The molecule has 0 amide bonds. The molecule has 2 heterocycles. The predicted octanol–water partition coefficient (Wildman–Crippen LogP) is 4.77. The van der Waals surface area contributed by atoms with Crippen LogP contribution in [-0.4, -0.2) is 33.5 Å². The highest BCUT2D eigenvalue weighted by atomic mass is 79.9. The number of nitrogens with zero attached hydrogens (tertiary/aromatic N) is 4. The van der Waals surface area contributed by atoms with Crippen molar-refractivity contribution < 1.29 is 9.53 Å². The van der Waals surface area contributed by atoms with Crippen LogP contribution in [0.15, 0.2) is 56.8 Å². The van der Waals surface area contributed by atoms with Crippen molar-refractivity contribution in [3.05, 3.63) is 74.4 Å². The van der Waals surface area contributed by atoms with E-state index in [1.165, 1.54) is 11.8 Å². The molecular formula is C25H25BrN4O3. The quantitative estimate of drug-likeness (QED) is 0.293. The van der Waals surface area contributed by atoms with Crippen molar-refractivity contribution in [2.24, 2.45) is 5.10 Å². The SMILES string of the molecule is COC(=O)Cn1c(C)c(C=Nn2c(C(C)(C)C)nc3ccc(Br)cc3c2=O)c2ccccc21. The third-order valence-corrected chi connectivity index (χ3v) is 6.07. The van der Waals surface area contributed by atoms with Crippen LogP contribution in [-0.2, 0) is 21.5 Å². The number of hydrogen-bond donors (Lipinski definition) is 0. The Morgan fingerprint density at radius 2 is 1.91 bits per heavy atom. The van der Waals surface area contributed by atoms with E-state index in [0.29, 0.717) is 16.7 Å². The van der Waals surface area contributed by atoms with Gasteiger partial charge in [0.2, 0.25) is 0 Å². The standard InChI is InChI=1S/C25H25BrN4O3/c1-15-19(17-8-6-7-9-21(17)29(15)14-22(31)33-5)13-27-30-23(32)18-12-16(26)10-11-20(18)28-24(30)25(2,3)4/h6-13H,14H2,1-5H3. The van der Waals surface area contributed by atoms with Crippen molar-refractivity contribution >= 4 is 49.9 Å². The van der Waals surface area contributed by atoms with Gasteiger partial charge in [-0.3, -0.25) is 9.59 Å². The van der Waals surface area contributed by atoms with E-state index in [1.807, 2.05) is 68.7 Å². The van der Waals surface area contributed by atoms with Crippen LogP contribution in [0.5, 0.6) is 0 Å². The van der Waals surface area contributed by atoms with Gasteiger partial charge in [-0.25, -0.2) is 4.98 Å². The van der Waals surface area contributed by atoms with Crippen LogP contribution in [0.25, 0.3) is 21.8 Å². The minimum Gasteiger partial charge on any atom is -0.468 e. The fraction of sp³-hybridized carbons (Fsp3) is 0.280. The molecule has 7 nitrogen and oxygen atoms in total. The van der Waals surface area contributed by atoms with E-state index in [9.17, 15) is 9.59 Å². The van der Waals surface area contributed by atoms with Crippen molar-refractivity contribution in [1.29, 1.82) is 0 Å². The number of hydrogen-bond acceptors (Lipinski definition) is 5. The number of halogens is 1. The molecule has 2 aromatic carbocycles. The van der Waals surface area contributed by atoms with E-state index < -0.39 is 5.41 Å². The number of esters is 1. The van der Waals surface area contributed by atoms with Crippen LogP contribution < -0.4 is 5.56 Å². The highest BCUT2D eigenvalue weighted by Gasteiger charge is 2.23. The zero-order valence-corrected chi connectivity index (χ0v) is 20.8. The van der Waals surface area contributed by atoms with Crippen LogP contribution in [0.3, 0.4) is 0 Å². The zero-order valence-electron chi connectivity index (χ0n) is 19.2. The summed E-state index contributed by atoms with van der Waals surface area (Å²) in [7, 11) is 1.37. The Morgan fingerprint density at radius 3 is 2.61 bits per heavy atom. The van der Waals surface area contributed by atoms with Crippen LogP contribution >= 0.6 is 15.9 Å². The van der Waals surface area contributed by atoms with Crippen molar-refractivity contribution in [1.82, 2.24) is 14.2 Å². The molecule has 0 aliphatic heterocycles. The maximum Gasteiger partial charge on any atom is 0.325 e. The molecule has 0 aliphatic carbocycles. The summed E-state index contributed by atoms with van der Waals surface area (Å²) < 4.78 is 8.94. The fourth-order valence-corrected chi connectivity index (χ4v) is 4.24. The van der Waals surface area contributed by atoms with Crippen molar-refractivity contribution in [3.8, 4) is 0 Å². The molecule has 0 saturated carbocycles. The molecule has 4 aromatic rings. The Labute approximate surface area is 199 Å². The molecule has 0 saturated heterocycles. The molecule has 0 spiro atoms. The Kier molecular flexibility index (Phi) is 5.97. The number of fused-ring (bicyclic) bond motifs is 2. The highest BCUT2D eigenvalue weighted by molar-refractivity contribution is 9.10. The first kappa shape index (κ1) is 22.9. The van der Waals surface area contributed by atoms with Gasteiger partial charge in [0.25, 0.3) is 5.56 Å². The molecule has 8 heteroatoms. The maximum absolute atomic E-state index is 13.4. The Morgan fingerprint density at radius 1 is 1.18 bits per heavy atom. The average Bonchev–Trinajstić information content (AvgIpc) is 3.03. The molecule has 0 atom stereocenters. The summed E-state index contributed by atoms with van der Waals surface area (Å²) in [6, 6.07) is 13.2. The Balaban J connectivity index is 1.94. The maximum atomic E-state index is 13.4. The van der Waals surface area contributed by atoms with Gasteiger partial charge in [0.05, 0.1) is 24.2 Å². The summed E-state index contributed by atoms with van der Waals surface area (Å²) in [5, 5.41) is 6.04. The lowest BCUT2D eigenvalue weighted by Gasteiger charge is -2.20. The van der Waals surface area contributed by atoms with E-state index in [-0.39, 0.29) is 18.1 Å². The number of aromatic nitrogens is 3. The monoisotopic (exact) mass is 508 g/mol. The summed E-state index contributed by atoms with van der Waals surface area (Å²) in [6.07, 6.45) is 1.67. The van der Waals surface area contributed by atoms with E-state index in [0.717, 1.165) is 26.6 Å². The number of methoxy groups -OCH3 is 1. The lowest BCUT2D eigenvalue weighted by atomic mass is 9.95. The molecule has 0 N–H and O–H groups in total. The van der Waals surface area contributed by atoms with Gasteiger partial charge in [0.1, 0.15) is 12.4 Å². The molecule has 0 unspecified atom stereocenters. The molecule has 0 bridgehead atoms. The van der Waals surface area contributed by atoms with Crippen LogP contribution in [0.4, 0.5) is 0 Å². The molecular weight excluding hydrogens is 484 g/mol. The van der Waals surface area contributed by atoms with Crippen LogP contribution in [0, 0.1) is 6.92 Å². The number of ether oxygens (including phenoxy) is 1. The summed E-state index contributed by atoms with van der Waals surface area (Å²) in [5.74, 6) is 0.229. The minimum absolute atomic E-state index is 0.0927. The second-order valence-electron chi connectivity index (χ2n) is 8.89. The van der Waals surface area contributed by atoms with Gasteiger partial charge in [-0.2, -0.15) is 9.78 Å². The van der Waals surface area contributed by atoms with Gasteiger partial charge in [-0.1, -0.05) is 54.9 Å². The number of rotatable bonds is 4. The third-order valence-electron chi connectivity index (χ3n) is 5.58. The summed E-state index contributed by atoms with van der Waals surface area (Å²) in [5.41, 5.74) is 2.56. The summed E-state index contributed by atoms with van der Waals surface area (Å²) >= 11 is 3.43. The van der Waals surface area contributed by atoms with E-state index in [2.05, 4.69) is 21.0 Å². The molecule has 0 radical (unpaired) electrons. The van der Waals surface area contributed by atoms with Crippen molar-refractivity contribution in [2.75, 3.05) is 7.11 Å². The van der Waals surface area contributed by atoms with Gasteiger partial charge in [-0.05, 0) is 31.2 Å². The average molecular weight is 509 g/mol. The van der Waals surface area contributed by atoms with Gasteiger partial charge < -0.3 is 9.30 Å². The smallest absolute Gasteiger partial charge is 0.325 e. The van der Waals surface area contributed by atoms with E-state index in [4.69, 9.17) is 9.72 Å². The first-order valence-electron chi connectivity index (χ1n) is 10.5. The lowest BCUT2D eigenvalue weighted by Crippen LogP contribution is -2.29. The van der Waals surface area contributed by atoms with E-state index in [1.54, 1.807) is 12.3 Å².